The molecule has 0 N–H and O–H groups in total. The van der Waals surface area contributed by atoms with Crippen LogP contribution < -0.4 is 0 Å². The fourth-order valence-corrected chi connectivity index (χ4v) is 5.15. The molecule has 0 heterocycles. The van der Waals surface area contributed by atoms with Crippen LogP contribution in [0, 0.1) is 0 Å². The zero-order valence-electron chi connectivity index (χ0n) is 16.8. The number of hydrogen-bond acceptors (Lipinski definition) is 0. The number of hydrogen-bond donors (Lipinski definition) is 0. The van der Waals surface area contributed by atoms with Crippen molar-refractivity contribution in [2.45, 2.75) is 0 Å². The molecule has 0 spiro atoms. The molecule has 0 aromatic heterocycles. The minimum atomic E-state index is 1.09. The predicted molar refractivity (Wildman–Crippen MR) is 139 cm³/mol. The highest BCUT2D eigenvalue weighted by Crippen LogP contribution is 2.36. The molecule has 0 amide bonds. The van der Waals surface area contributed by atoms with Gasteiger partial charge in [0, 0.05) is 4.47 Å². The maximum Gasteiger partial charge on any atom is 0.0181 e. The summed E-state index contributed by atoms with van der Waals surface area (Å²) >= 11 is 3.72. The maximum absolute atomic E-state index is 3.72. The third-order valence-corrected chi connectivity index (χ3v) is 6.63. The molecular formula is C30H19Br. The largest absolute Gasteiger partial charge is 0.0616 e. The quantitative estimate of drug-likeness (QED) is 0.212. The van der Waals surface area contributed by atoms with Crippen molar-refractivity contribution < 1.29 is 0 Å². The zero-order valence-corrected chi connectivity index (χ0v) is 18.4. The molecule has 0 atom stereocenters. The van der Waals surface area contributed by atoms with Crippen molar-refractivity contribution in [3.8, 4) is 0 Å². The topological polar surface area (TPSA) is 0 Å². The highest BCUT2D eigenvalue weighted by atomic mass is 79.9. The average Bonchev–Trinajstić information content (AvgIpc) is 2.84. The maximum atomic E-state index is 3.72. The Morgan fingerprint density at radius 1 is 0.290 bits per heavy atom. The van der Waals surface area contributed by atoms with E-state index in [0.29, 0.717) is 0 Å². The minimum Gasteiger partial charge on any atom is -0.0616 e. The summed E-state index contributed by atoms with van der Waals surface area (Å²) in [6, 6.07) is 41.7. The molecular weight excluding hydrogens is 440 g/mol. The van der Waals surface area contributed by atoms with Crippen molar-refractivity contribution in [2.24, 2.45) is 0 Å². The van der Waals surface area contributed by atoms with Gasteiger partial charge in [0.1, 0.15) is 0 Å². The van der Waals surface area contributed by atoms with Gasteiger partial charge in [-0.25, -0.2) is 0 Å². The van der Waals surface area contributed by atoms with E-state index in [1.807, 2.05) is 0 Å². The second-order valence-corrected chi connectivity index (χ2v) is 8.79. The molecule has 0 radical (unpaired) electrons. The van der Waals surface area contributed by atoms with Crippen molar-refractivity contribution in [2.75, 3.05) is 0 Å². The first-order chi connectivity index (χ1) is 15.3. The van der Waals surface area contributed by atoms with Gasteiger partial charge in [-0.15, -0.1) is 0 Å². The SMILES string of the molecule is Brc1ccc2c3ccccc3c3ccccc3c3ccccc3c3ccccc3c2c1. The summed E-state index contributed by atoms with van der Waals surface area (Å²) in [5.41, 5.74) is 0. The molecule has 1 heteroatoms. The van der Waals surface area contributed by atoms with Crippen LogP contribution in [0.4, 0.5) is 0 Å². The minimum absolute atomic E-state index is 1.09. The smallest absolute Gasteiger partial charge is 0.0181 e. The fourth-order valence-electron chi connectivity index (χ4n) is 4.79. The van der Waals surface area contributed by atoms with Gasteiger partial charge in [-0.1, -0.05) is 119 Å². The second kappa shape index (κ2) is 7.37. The number of rotatable bonds is 0. The first kappa shape index (κ1) is 18.4. The molecule has 0 saturated heterocycles. The Balaban J connectivity index is 2.13. The molecule has 0 aliphatic heterocycles. The van der Waals surface area contributed by atoms with Crippen LogP contribution in [0.15, 0.2) is 120 Å². The molecule has 0 nitrogen and oxygen atoms in total. The van der Waals surface area contributed by atoms with E-state index in [0.717, 1.165) is 4.47 Å². The molecule has 0 aliphatic carbocycles. The van der Waals surface area contributed by atoms with Crippen LogP contribution in [0.5, 0.6) is 0 Å². The first-order valence-electron chi connectivity index (χ1n) is 10.5. The van der Waals surface area contributed by atoms with Crippen LogP contribution in [0.1, 0.15) is 0 Å². The summed E-state index contributed by atoms with van der Waals surface area (Å²) in [4.78, 5) is 0. The summed E-state index contributed by atoms with van der Waals surface area (Å²) in [7, 11) is 0. The molecule has 0 unspecified atom stereocenters. The second-order valence-electron chi connectivity index (χ2n) is 7.87. The van der Waals surface area contributed by atoms with Crippen LogP contribution in [-0.2, 0) is 0 Å². The molecule has 6 rings (SSSR count). The lowest BCUT2D eigenvalue weighted by atomic mass is 9.94. The van der Waals surface area contributed by atoms with Crippen molar-refractivity contribution in [3.63, 3.8) is 0 Å². The zero-order chi connectivity index (χ0) is 20.8. The predicted octanol–water partition coefficient (Wildman–Crippen LogP) is 9.34. The van der Waals surface area contributed by atoms with Gasteiger partial charge in [-0.05, 0) is 66.0 Å². The van der Waals surface area contributed by atoms with E-state index in [1.165, 1.54) is 53.9 Å². The Morgan fingerprint density at radius 2 is 0.548 bits per heavy atom. The van der Waals surface area contributed by atoms with Crippen molar-refractivity contribution in [3.05, 3.63) is 120 Å². The molecule has 0 saturated carbocycles. The normalized spacial score (nSPS) is 11.4. The summed E-state index contributed by atoms with van der Waals surface area (Å²) in [5, 5.41) is 12.6. The highest BCUT2D eigenvalue weighted by Gasteiger charge is 2.08. The van der Waals surface area contributed by atoms with Gasteiger partial charge in [0.05, 0.1) is 0 Å². The van der Waals surface area contributed by atoms with Crippen LogP contribution in [0.2, 0.25) is 0 Å². The molecule has 6 aromatic carbocycles. The monoisotopic (exact) mass is 458 g/mol. The van der Waals surface area contributed by atoms with E-state index >= 15 is 0 Å². The Hall–Kier alpha value is -3.42. The van der Waals surface area contributed by atoms with Gasteiger partial charge >= 0.3 is 0 Å². The number of fused-ring (bicyclic) bond motifs is 10. The molecule has 31 heavy (non-hydrogen) atoms. The standard InChI is InChI=1S/C30H19Br/c31-20-17-18-29-27-15-6-5-13-25(27)23-11-2-1-9-21(23)22-10-3-4-12-24(22)26-14-7-8-16-28(26)30(29)19-20/h1-19H. The van der Waals surface area contributed by atoms with E-state index in [9.17, 15) is 0 Å². The van der Waals surface area contributed by atoms with Gasteiger partial charge in [0.15, 0.2) is 0 Å². The molecule has 0 bridgehead atoms. The summed E-state index contributed by atoms with van der Waals surface area (Å²) in [6.07, 6.45) is 0. The first-order valence-corrected chi connectivity index (χ1v) is 11.3. The van der Waals surface area contributed by atoms with Gasteiger partial charge < -0.3 is 0 Å². The van der Waals surface area contributed by atoms with E-state index in [4.69, 9.17) is 0 Å². The lowest BCUT2D eigenvalue weighted by molar-refractivity contribution is 1.74. The van der Waals surface area contributed by atoms with Crippen LogP contribution in [-0.4, -0.2) is 0 Å². The average molecular weight is 459 g/mol. The van der Waals surface area contributed by atoms with E-state index in [1.54, 1.807) is 0 Å². The summed E-state index contributed by atoms with van der Waals surface area (Å²) in [6.45, 7) is 0. The lowest BCUT2D eigenvalue weighted by Gasteiger charge is -2.09. The van der Waals surface area contributed by atoms with Gasteiger partial charge in [0.2, 0.25) is 0 Å². The Kier molecular flexibility index (Phi) is 4.36. The third kappa shape index (κ3) is 2.97. The van der Waals surface area contributed by atoms with E-state index in [-0.39, 0.29) is 0 Å². The Morgan fingerprint density at radius 3 is 0.871 bits per heavy atom. The van der Waals surface area contributed by atoms with E-state index < -0.39 is 0 Å². The Bertz CT molecular complexity index is 1620. The molecule has 0 fully saturated rings. The van der Waals surface area contributed by atoms with Crippen LogP contribution in [0.3, 0.4) is 0 Å². The Labute approximate surface area is 189 Å². The third-order valence-electron chi connectivity index (χ3n) is 6.14. The number of halogens is 1. The molecule has 0 aliphatic rings. The van der Waals surface area contributed by atoms with Gasteiger partial charge in [0.25, 0.3) is 0 Å². The lowest BCUT2D eigenvalue weighted by Crippen LogP contribution is -1.82. The van der Waals surface area contributed by atoms with Crippen molar-refractivity contribution in [1.82, 2.24) is 0 Å². The molecule has 6 aromatic rings. The molecule has 146 valence electrons. The van der Waals surface area contributed by atoms with Gasteiger partial charge in [-0.2, -0.15) is 0 Å². The summed E-state index contributed by atoms with van der Waals surface area (Å²) < 4.78 is 1.09. The fraction of sp³-hybridized carbons (Fsp3) is 0. The van der Waals surface area contributed by atoms with Crippen molar-refractivity contribution in [1.29, 1.82) is 0 Å². The van der Waals surface area contributed by atoms with Crippen LogP contribution >= 0.6 is 15.9 Å². The van der Waals surface area contributed by atoms with Crippen molar-refractivity contribution >= 4 is 69.8 Å². The van der Waals surface area contributed by atoms with Gasteiger partial charge in [-0.3, -0.25) is 0 Å². The summed E-state index contributed by atoms with van der Waals surface area (Å²) in [5.74, 6) is 0. The van der Waals surface area contributed by atoms with E-state index in [2.05, 4.69) is 131 Å². The van der Waals surface area contributed by atoms with Crippen LogP contribution in [0.25, 0.3) is 53.9 Å². The number of benzene rings is 5. The highest BCUT2D eigenvalue weighted by molar-refractivity contribution is 9.10.